The first kappa shape index (κ1) is 26.9. The number of fused-ring (bicyclic) bond motifs is 1. The summed E-state index contributed by atoms with van der Waals surface area (Å²) < 4.78 is 4.19. The molecule has 2 aromatic heterocycles. The predicted molar refractivity (Wildman–Crippen MR) is 146 cm³/mol. The molecule has 2 heterocycles. The second kappa shape index (κ2) is 12.8. The zero-order valence-corrected chi connectivity index (χ0v) is 21.8. The topological polar surface area (TPSA) is 81.8 Å². The third-order valence-corrected chi connectivity index (χ3v) is 6.33. The Morgan fingerprint density at radius 3 is 2.31 bits per heavy atom. The Morgan fingerprint density at radius 2 is 1.69 bits per heavy atom. The van der Waals surface area contributed by atoms with E-state index < -0.39 is 0 Å². The van der Waals surface area contributed by atoms with Crippen LogP contribution in [-0.4, -0.2) is 39.3 Å². The number of nitrogens with zero attached hydrogens (tertiary/aromatic N) is 4. The third-order valence-electron chi connectivity index (χ3n) is 6.33. The Kier molecular flexibility index (Phi) is 9.56. The van der Waals surface area contributed by atoms with Gasteiger partial charge in [0.25, 0.3) is 5.91 Å². The van der Waals surface area contributed by atoms with E-state index in [1.54, 1.807) is 7.05 Å². The van der Waals surface area contributed by atoms with Crippen molar-refractivity contribution in [1.29, 1.82) is 0 Å². The Bertz CT molecular complexity index is 1270. The highest BCUT2D eigenvalue weighted by molar-refractivity contribution is 5.94. The quantitative estimate of drug-likeness (QED) is 0.366. The zero-order chi connectivity index (χ0) is 26.1. The first-order valence-corrected chi connectivity index (χ1v) is 12.8. The summed E-state index contributed by atoms with van der Waals surface area (Å²) in [5.41, 5.74) is 6.07. The van der Waals surface area contributed by atoms with Crippen molar-refractivity contribution in [3.05, 3.63) is 66.0 Å². The van der Waals surface area contributed by atoms with Gasteiger partial charge in [-0.15, -0.1) is 0 Å². The van der Waals surface area contributed by atoms with Crippen LogP contribution < -0.4 is 5.32 Å². The number of aryl methyl sites for hydroxylation is 1. The number of amides is 1. The van der Waals surface area contributed by atoms with Crippen LogP contribution in [0.15, 0.2) is 54.7 Å². The van der Waals surface area contributed by atoms with Gasteiger partial charge >= 0.3 is 0 Å². The normalized spacial score (nSPS) is 13.0. The molecule has 0 aliphatic heterocycles. The van der Waals surface area contributed by atoms with Gasteiger partial charge < -0.3 is 10.1 Å². The number of benzene rings is 2. The van der Waals surface area contributed by atoms with Crippen molar-refractivity contribution >= 4 is 23.6 Å². The number of rotatable bonds is 5. The lowest BCUT2D eigenvalue weighted by molar-refractivity contribution is -0.0980. The fraction of sp³-hybridized carbons (Fsp3) is 0.379. The van der Waals surface area contributed by atoms with Crippen LogP contribution in [0, 0.1) is 0 Å². The van der Waals surface area contributed by atoms with Gasteiger partial charge in [-0.1, -0.05) is 52.2 Å². The molecule has 0 unspecified atom stereocenters. The summed E-state index contributed by atoms with van der Waals surface area (Å²) >= 11 is 0. The molecular weight excluding hydrogens is 450 g/mol. The molecule has 5 rings (SSSR count). The van der Waals surface area contributed by atoms with E-state index in [4.69, 9.17) is 9.89 Å². The lowest BCUT2D eigenvalue weighted by Crippen LogP contribution is -2.17. The molecule has 2 aromatic carbocycles. The van der Waals surface area contributed by atoms with Gasteiger partial charge in [0.05, 0.1) is 34.8 Å². The summed E-state index contributed by atoms with van der Waals surface area (Å²) in [4.78, 5) is 19.8. The molecule has 0 radical (unpaired) electrons. The molecule has 7 nitrogen and oxygen atoms in total. The molecular formula is C29H37N5O2. The van der Waals surface area contributed by atoms with Gasteiger partial charge in [-0.25, -0.2) is 4.68 Å². The number of hydrogen-bond acceptors (Lipinski definition) is 4. The number of carbonyl (C=O) groups excluding carboxylic acids is 2. The smallest absolute Gasteiger partial charge is 0.251 e. The number of hydrogen-bond donors (Lipinski definition) is 1. The van der Waals surface area contributed by atoms with Crippen molar-refractivity contribution in [3.63, 3.8) is 0 Å². The first-order valence-electron chi connectivity index (χ1n) is 12.8. The third kappa shape index (κ3) is 5.56. The maximum absolute atomic E-state index is 11.8. The van der Waals surface area contributed by atoms with Crippen molar-refractivity contribution in [2.45, 2.75) is 65.3 Å². The van der Waals surface area contributed by atoms with Crippen LogP contribution in [0.3, 0.4) is 0 Å². The van der Waals surface area contributed by atoms with E-state index in [2.05, 4.69) is 54.1 Å². The van der Waals surface area contributed by atoms with Crippen LogP contribution in [0.4, 0.5) is 0 Å². The molecule has 7 heteroatoms. The van der Waals surface area contributed by atoms with Crippen molar-refractivity contribution in [2.24, 2.45) is 0 Å². The Balaban J connectivity index is 0.000000674. The molecule has 1 aliphatic rings. The van der Waals surface area contributed by atoms with E-state index >= 15 is 0 Å². The second-order valence-electron chi connectivity index (χ2n) is 8.88. The van der Waals surface area contributed by atoms with E-state index in [1.165, 1.54) is 48.7 Å². The lowest BCUT2D eigenvalue weighted by Gasteiger charge is -2.13. The van der Waals surface area contributed by atoms with Gasteiger partial charge in [-0.2, -0.15) is 10.2 Å². The van der Waals surface area contributed by atoms with Crippen molar-refractivity contribution < 1.29 is 9.59 Å². The van der Waals surface area contributed by atoms with Gasteiger partial charge in [-0.3, -0.25) is 9.48 Å². The fourth-order valence-electron chi connectivity index (χ4n) is 4.68. The molecule has 1 amide bonds. The maximum Gasteiger partial charge on any atom is 0.251 e. The van der Waals surface area contributed by atoms with Crippen molar-refractivity contribution in [2.75, 3.05) is 7.05 Å². The SMILES string of the molecule is C=O.CCC.CCc1nn(C2CCCC2)c2cc(-c3ccnn3-c3ccc(C(=O)NC)cc3)ccc12. The molecule has 1 saturated carbocycles. The highest BCUT2D eigenvalue weighted by Crippen LogP contribution is 2.35. The molecule has 1 N–H and O–H groups in total. The lowest BCUT2D eigenvalue weighted by atomic mass is 10.1. The molecule has 190 valence electrons. The van der Waals surface area contributed by atoms with E-state index in [-0.39, 0.29) is 5.91 Å². The van der Waals surface area contributed by atoms with Gasteiger partial charge in [0.2, 0.25) is 0 Å². The van der Waals surface area contributed by atoms with Crippen LogP contribution in [0.25, 0.3) is 27.8 Å². The fourth-order valence-corrected chi connectivity index (χ4v) is 4.68. The predicted octanol–water partition coefficient (Wildman–Crippen LogP) is 6.16. The largest absolute Gasteiger partial charge is 0.355 e. The Morgan fingerprint density at radius 1 is 1.03 bits per heavy atom. The summed E-state index contributed by atoms with van der Waals surface area (Å²) in [5.74, 6) is -0.0930. The molecule has 1 aliphatic carbocycles. The summed E-state index contributed by atoms with van der Waals surface area (Å²) in [5, 5.41) is 13.4. The Labute approximate surface area is 213 Å². The minimum atomic E-state index is -0.0930. The second-order valence-corrected chi connectivity index (χ2v) is 8.88. The zero-order valence-electron chi connectivity index (χ0n) is 21.8. The number of aromatic nitrogens is 4. The van der Waals surface area contributed by atoms with Crippen LogP contribution in [0.5, 0.6) is 0 Å². The summed E-state index contributed by atoms with van der Waals surface area (Å²) in [6, 6.07) is 16.7. The summed E-state index contributed by atoms with van der Waals surface area (Å²) in [7, 11) is 1.64. The molecule has 0 spiro atoms. The van der Waals surface area contributed by atoms with E-state index in [9.17, 15) is 4.79 Å². The average molecular weight is 488 g/mol. The summed E-state index contributed by atoms with van der Waals surface area (Å²) in [6.45, 7) is 8.42. The summed E-state index contributed by atoms with van der Waals surface area (Å²) in [6.07, 6.45) is 8.99. The molecule has 0 atom stereocenters. The minimum Gasteiger partial charge on any atom is -0.355 e. The van der Waals surface area contributed by atoms with E-state index in [1.807, 2.05) is 48.0 Å². The van der Waals surface area contributed by atoms with Crippen molar-refractivity contribution in [1.82, 2.24) is 24.9 Å². The molecule has 36 heavy (non-hydrogen) atoms. The average Bonchev–Trinajstić information content (AvgIpc) is 3.69. The van der Waals surface area contributed by atoms with Crippen LogP contribution >= 0.6 is 0 Å². The molecule has 0 saturated heterocycles. The minimum absolute atomic E-state index is 0.0930. The number of carbonyl (C=O) groups is 2. The molecule has 4 aromatic rings. The highest BCUT2D eigenvalue weighted by atomic mass is 16.1. The number of nitrogens with one attached hydrogen (secondary N) is 1. The van der Waals surface area contributed by atoms with Gasteiger partial charge in [0.1, 0.15) is 6.79 Å². The van der Waals surface area contributed by atoms with Gasteiger partial charge in [0, 0.05) is 23.6 Å². The molecule has 1 fully saturated rings. The standard InChI is InChI=1S/C25H27N5O.C3H8.CH2O/c1-3-22-21-13-10-18(16-24(21)30(28-22)19-6-4-5-7-19)23-14-15-27-29(23)20-11-8-17(9-12-20)25(31)26-2;1-3-2;1-2/h8-16,19H,3-7H2,1-2H3,(H,26,31);3H2,1-2H3;1H2. The van der Waals surface area contributed by atoms with Gasteiger partial charge in [0.15, 0.2) is 0 Å². The van der Waals surface area contributed by atoms with Gasteiger partial charge in [-0.05, 0) is 55.7 Å². The van der Waals surface area contributed by atoms with Crippen LogP contribution in [-0.2, 0) is 11.2 Å². The first-order chi connectivity index (χ1) is 17.6. The van der Waals surface area contributed by atoms with Crippen LogP contribution in [0.2, 0.25) is 0 Å². The monoisotopic (exact) mass is 487 g/mol. The van der Waals surface area contributed by atoms with Crippen LogP contribution in [0.1, 0.15) is 75.0 Å². The highest BCUT2D eigenvalue weighted by Gasteiger charge is 2.22. The van der Waals surface area contributed by atoms with Crippen molar-refractivity contribution in [3.8, 4) is 16.9 Å². The Hall–Kier alpha value is -3.74. The molecule has 0 bridgehead atoms. The van der Waals surface area contributed by atoms with E-state index in [0.717, 1.165) is 23.4 Å². The maximum atomic E-state index is 11.8. The van der Waals surface area contributed by atoms with E-state index in [0.29, 0.717) is 11.6 Å².